The van der Waals surface area contributed by atoms with Crippen molar-refractivity contribution >= 4 is 32.7 Å². The normalized spacial score (nSPS) is 18.7. The van der Waals surface area contributed by atoms with Gasteiger partial charge in [-0.3, -0.25) is 14.5 Å². The van der Waals surface area contributed by atoms with Gasteiger partial charge in [-0.05, 0) is 80.5 Å². The molecule has 0 radical (unpaired) electrons. The molecule has 2 aliphatic heterocycles. The average Bonchev–Trinajstić information content (AvgIpc) is 3.46. The van der Waals surface area contributed by atoms with Crippen molar-refractivity contribution < 1.29 is 22.2 Å². The molecule has 9 nitrogen and oxygen atoms in total. The second kappa shape index (κ2) is 9.17. The van der Waals surface area contributed by atoms with Gasteiger partial charge in [-0.2, -0.15) is 4.31 Å². The highest BCUT2D eigenvalue weighted by Crippen LogP contribution is 2.41. The van der Waals surface area contributed by atoms with E-state index < -0.39 is 22.0 Å². The number of nitrogens with zero attached hydrogens (tertiary/aromatic N) is 3. The average molecular weight is 548 g/mol. The maximum absolute atomic E-state index is 13.9. The van der Waals surface area contributed by atoms with Gasteiger partial charge in [0.15, 0.2) is 11.2 Å². The summed E-state index contributed by atoms with van der Waals surface area (Å²) in [5.74, 6) is 0.671. The molecule has 0 saturated carbocycles. The van der Waals surface area contributed by atoms with Gasteiger partial charge in [-0.1, -0.05) is 24.2 Å². The smallest absolute Gasteiger partial charge is 0.296 e. The number of carbonyl (C=O) groups is 1. The number of aromatic nitrogens is 1. The summed E-state index contributed by atoms with van der Waals surface area (Å²) >= 11 is 0. The van der Waals surface area contributed by atoms with Crippen LogP contribution in [0.15, 0.2) is 61.1 Å². The van der Waals surface area contributed by atoms with E-state index in [2.05, 4.69) is 12.1 Å². The van der Waals surface area contributed by atoms with Gasteiger partial charge in [-0.15, -0.1) is 0 Å². The third-order valence-electron chi connectivity index (χ3n) is 7.93. The minimum Gasteiger partial charge on any atom is -0.450 e. The highest BCUT2D eigenvalue weighted by atomic mass is 32.2. The topological polar surface area (TPSA) is 114 Å². The SMILES string of the molecule is Cc1cc(N2C(=O)c3oc4cc(C)c(C)cc4c(=O)c3C2c2ccc(S(=O)(=O)N3CCC(C)CC3)cc2)no1. The first kappa shape index (κ1) is 25.5. The van der Waals surface area contributed by atoms with Gasteiger partial charge in [0.1, 0.15) is 11.3 Å². The van der Waals surface area contributed by atoms with Crippen LogP contribution in [0, 0.1) is 26.7 Å². The molecule has 2 aromatic heterocycles. The van der Waals surface area contributed by atoms with Gasteiger partial charge in [0.05, 0.1) is 21.9 Å². The van der Waals surface area contributed by atoms with Crippen molar-refractivity contribution in [3.63, 3.8) is 0 Å². The molecule has 10 heteroatoms. The lowest BCUT2D eigenvalue weighted by Crippen LogP contribution is -2.37. The van der Waals surface area contributed by atoms with E-state index in [1.165, 1.54) is 21.3 Å². The first-order valence-electron chi connectivity index (χ1n) is 13.0. The fourth-order valence-electron chi connectivity index (χ4n) is 5.44. The van der Waals surface area contributed by atoms with Crippen LogP contribution >= 0.6 is 0 Å². The Morgan fingerprint density at radius 2 is 1.62 bits per heavy atom. The third-order valence-corrected chi connectivity index (χ3v) is 9.84. The molecule has 0 bridgehead atoms. The Morgan fingerprint density at radius 3 is 2.26 bits per heavy atom. The van der Waals surface area contributed by atoms with Gasteiger partial charge in [-0.25, -0.2) is 8.42 Å². The summed E-state index contributed by atoms with van der Waals surface area (Å²) in [4.78, 5) is 29.1. The second-order valence-corrected chi connectivity index (χ2v) is 12.6. The largest absolute Gasteiger partial charge is 0.450 e. The van der Waals surface area contributed by atoms with E-state index in [-0.39, 0.29) is 27.5 Å². The molecule has 39 heavy (non-hydrogen) atoms. The minimum atomic E-state index is -3.66. The number of hydrogen-bond acceptors (Lipinski definition) is 7. The lowest BCUT2D eigenvalue weighted by Gasteiger charge is -2.29. The molecule has 4 aromatic rings. The Labute approximate surface area is 226 Å². The van der Waals surface area contributed by atoms with Gasteiger partial charge in [0, 0.05) is 19.2 Å². The Morgan fingerprint density at radius 1 is 0.949 bits per heavy atom. The molecule has 1 unspecified atom stereocenters. The number of rotatable bonds is 4. The predicted octanol–water partition coefficient (Wildman–Crippen LogP) is 4.88. The molecular weight excluding hydrogens is 518 g/mol. The third kappa shape index (κ3) is 4.09. The van der Waals surface area contributed by atoms with Crippen LogP contribution < -0.4 is 10.3 Å². The molecule has 1 fully saturated rings. The lowest BCUT2D eigenvalue weighted by molar-refractivity contribution is 0.0969. The molecule has 0 aliphatic carbocycles. The van der Waals surface area contributed by atoms with Crippen molar-refractivity contribution in [2.75, 3.05) is 18.0 Å². The van der Waals surface area contributed by atoms with Crippen LogP contribution in [0.25, 0.3) is 11.0 Å². The number of amides is 1. The highest BCUT2D eigenvalue weighted by molar-refractivity contribution is 7.89. The van der Waals surface area contributed by atoms with Crippen LogP contribution in [0.1, 0.15) is 64.4 Å². The van der Waals surface area contributed by atoms with E-state index in [1.807, 2.05) is 13.8 Å². The molecule has 0 spiro atoms. The number of piperidine rings is 1. The van der Waals surface area contributed by atoms with Crippen molar-refractivity contribution in [3.8, 4) is 0 Å². The zero-order valence-corrected chi connectivity index (χ0v) is 23.0. The predicted molar refractivity (Wildman–Crippen MR) is 145 cm³/mol. The number of anilines is 1. The summed E-state index contributed by atoms with van der Waals surface area (Å²) in [6, 6.07) is 10.7. The zero-order valence-electron chi connectivity index (χ0n) is 22.2. The van der Waals surface area contributed by atoms with Crippen molar-refractivity contribution in [3.05, 3.63) is 86.5 Å². The summed E-state index contributed by atoms with van der Waals surface area (Å²) in [7, 11) is -3.66. The van der Waals surface area contributed by atoms with Gasteiger partial charge < -0.3 is 8.94 Å². The van der Waals surface area contributed by atoms with Crippen molar-refractivity contribution in [2.45, 2.75) is 51.5 Å². The Balaban J connectivity index is 1.48. The Bertz CT molecular complexity index is 1780. The second-order valence-electron chi connectivity index (χ2n) is 10.6. The molecule has 2 aromatic carbocycles. The highest BCUT2D eigenvalue weighted by Gasteiger charge is 2.45. The number of sulfonamides is 1. The molecular formula is C29H29N3O6S. The number of carbonyl (C=O) groups excluding carboxylic acids is 1. The van der Waals surface area contributed by atoms with E-state index in [4.69, 9.17) is 8.94 Å². The first-order chi connectivity index (χ1) is 18.6. The van der Waals surface area contributed by atoms with Crippen LogP contribution in [0.2, 0.25) is 0 Å². The molecule has 6 rings (SSSR count). The Kier molecular flexibility index (Phi) is 6.00. The van der Waals surface area contributed by atoms with Crippen molar-refractivity contribution in [1.82, 2.24) is 9.46 Å². The zero-order chi connectivity index (χ0) is 27.6. The first-order valence-corrected chi connectivity index (χ1v) is 14.4. The maximum atomic E-state index is 13.9. The summed E-state index contributed by atoms with van der Waals surface area (Å²) in [6.07, 6.45) is 1.65. The van der Waals surface area contributed by atoms with E-state index in [1.54, 1.807) is 37.3 Å². The molecule has 4 heterocycles. The van der Waals surface area contributed by atoms with Crippen LogP contribution in [-0.2, 0) is 10.0 Å². The maximum Gasteiger partial charge on any atom is 0.296 e. The molecule has 2 aliphatic rings. The van der Waals surface area contributed by atoms with E-state index in [9.17, 15) is 18.0 Å². The van der Waals surface area contributed by atoms with E-state index in [0.717, 1.165) is 24.0 Å². The van der Waals surface area contributed by atoms with Crippen LogP contribution in [-0.4, -0.2) is 36.9 Å². The van der Waals surface area contributed by atoms with E-state index >= 15 is 0 Å². The van der Waals surface area contributed by atoms with E-state index in [0.29, 0.717) is 41.3 Å². The van der Waals surface area contributed by atoms with Crippen molar-refractivity contribution in [1.29, 1.82) is 0 Å². The summed E-state index contributed by atoms with van der Waals surface area (Å²) in [6.45, 7) is 8.64. The lowest BCUT2D eigenvalue weighted by atomic mass is 9.97. The molecule has 1 amide bonds. The van der Waals surface area contributed by atoms with Crippen molar-refractivity contribution in [2.24, 2.45) is 5.92 Å². The molecule has 0 N–H and O–H groups in total. The quantitative estimate of drug-likeness (QED) is 0.358. The van der Waals surface area contributed by atoms with Crippen LogP contribution in [0.3, 0.4) is 0 Å². The number of benzene rings is 2. The monoisotopic (exact) mass is 547 g/mol. The van der Waals surface area contributed by atoms with Crippen LogP contribution in [0.4, 0.5) is 5.82 Å². The van der Waals surface area contributed by atoms with Gasteiger partial charge in [0.25, 0.3) is 5.91 Å². The minimum absolute atomic E-state index is 0.0551. The number of aryl methyl sites for hydroxylation is 3. The number of hydrogen-bond donors (Lipinski definition) is 0. The van der Waals surface area contributed by atoms with Gasteiger partial charge in [0.2, 0.25) is 15.8 Å². The molecule has 1 atom stereocenters. The fourth-order valence-corrected chi connectivity index (χ4v) is 6.91. The fraction of sp³-hybridized carbons (Fsp3) is 0.345. The summed E-state index contributed by atoms with van der Waals surface area (Å²) < 4.78 is 39.4. The Hall–Kier alpha value is -3.76. The standard InChI is InChI=1S/C29H29N3O6S/c1-16-9-11-31(12-10-16)39(35,36)21-7-5-20(6-8-21)26-25-27(33)22-13-17(2)18(3)14-23(22)37-28(25)29(34)32(26)24-15-19(4)38-30-24/h5-8,13-16,26H,9-12H2,1-4H3. The number of fused-ring (bicyclic) bond motifs is 2. The van der Waals surface area contributed by atoms with Gasteiger partial charge >= 0.3 is 0 Å². The van der Waals surface area contributed by atoms with Crippen LogP contribution in [0.5, 0.6) is 0 Å². The summed E-state index contributed by atoms with van der Waals surface area (Å²) in [5, 5.41) is 4.42. The molecule has 202 valence electrons. The summed E-state index contributed by atoms with van der Waals surface area (Å²) in [5.41, 5.74) is 2.65. The molecule has 1 saturated heterocycles.